The van der Waals surface area contributed by atoms with E-state index in [-0.39, 0.29) is 25.7 Å². The number of aliphatic hydroxyl groups excluding tert-OH is 1. The number of hydrogen-bond donors (Lipinski definition) is 3. The van der Waals surface area contributed by atoms with Gasteiger partial charge in [0, 0.05) is 25.7 Å². The maximum atomic E-state index is 13.1. The van der Waals surface area contributed by atoms with E-state index in [0.29, 0.717) is 25.7 Å². The molecular formula is C83H162O17P2. The highest BCUT2D eigenvalue weighted by atomic mass is 31.2. The minimum absolute atomic E-state index is 0.106. The highest BCUT2D eigenvalue weighted by Gasteiger charge is 2.30. The Balaban J connectivity index is 5.26. The topological polar surface area (TPSA) is 237 Å². The van der Waals surface area contributed by atoms with E-state index in [9.17, 15) is 43.2 Å². The molecule has 3 N–H and O–H groups in total. The predicted octanol–water partition coefficient (Wildman–Crippen LogP) is 25.1. The maximum Gasteiger partial charge on any atom is 0.472 e. The van der Waals surface area contributed by atoms with Gasteiger partial charge in [0.05, 0.1) is 26.4 Å². The Hall–Kier alpha value is -1.94. The Morgan fingerprint density at radius 2 is 0.500 bits per heavy atom. The summed E-state index contributed by atoms with van der Waals surface area (Å²) >= 11 is 0. The molecule has 0 aromatic carbocycles. The molecule has 0 aliphatic rings. The molecule has 17 nitrogen and oxygen atoms in total. The van der Waals surface area contributed by atoms with E-state index in [1.165, 1.54) is 257 Å². The van der Waals surface area contributed by atoms with Crippen LogP contribution in [0.25, 0.3) is 0 Å². The number of carbonyl (C=O) groups excluding carboxylic acids is 4. The molecule has 0 heterocycles. The fourth-order valence-electron chi connectivity index (χ4n) is 12.9. The van der Waals surface area contributed by atoms with Gasteiger partial charge in [0.2, 0.25) is 0 Å². The van der Waals surface area contributed by atoms with Gasteiger partial charge in [-0.2, -0.15) is 0 Å². The second-order valence-electron chi connectivity index (χ2n) is 30.6. The van der Waals surface area contributed by atoms with E-state index in [4.69, 9.17) is 37.0 Å². The quantitative estimate of drug-likeness (QED) is 0.0222. The van der Waals surface area contributed by atoms with Crippen molar-refractivity contribution in [1.82, 2.24) is 0 Å². The molecule has 0 aromatic rings. The summed E-state index contributed by atoms with van der Waals surface area (Å²) < 4.78 is 68.8. The standard InChI is InChI=1S/C83H162O17P2/c1-7-10-12-14-16-18-20-22-24-25-26-27-28-30-32-34-43-49-55-61-67-82(87)99-78(71-93-80(85)65-59-53-47-41-33-31-29-23-21-19-17-15-13-11-8-2)73-97-101(89,90)95-69-77(84)70-96-102(91,92)98-74-79(72-94-81(86)66-60-54-48-42-37-35-39-45-51-57-63-75(4)5)100-83(88)68-62-56-50-44-38-36-40-46-52-58-64-76(6)9-3/h75-79,84H,7-74H2,1-6H3,(H,89,90)(H,91,92)/t76?,77-,78-,79-/m1/s1. The first-order chi connectivity index (χ1) is 49.4. The van der Waals surface area contributed by atoms with Gasteiger partial charge in [-0.25, -0.2) is 9.13 Å². The maximum absolute atomic E-state index is 13.1. The zero-order valence-electron chi connectivity index (χ0n) is 66.9. The van der Waals surface area contributed by atoms with Crippen LogP contribution in [-0.4, -0.2) is 96.7 Å². The first kappa shape index (κ1) is 100. The first-order valence-corrected chi connectivity index (χ1v) is 46.0. The summed E-state index contributed by atoms with van der Waals surface area (Å²) in [6, 6.07) is 0. The molecule has 0 aliphatic carbocycles. The van der Waals surface area contributed by atoms with Crippen LogP contribution in [0.3, 0.4) is 0 Å². The largest absolute Gasteiger partial charge is 0.472 e. The molecule has 19 heteroatoms. The van der Waals surface area contributed by atoms with Gasteiger partial charge in [-0.05, 0) is 37.5 Å². The Morgan fingerprint density at radius 3 is 0.745 bits per heavy atom. The second kappa shape index (κ2) is 74.5. The number of hydrogen-bond acceptors (Lipinski definition) is 15. The normalized spacial score (nSPS) is 14.1. The summed E-state index contributed by atoms with van der Waals surface area (Å²) in [5, 5.41) is 10.7. The third-order valence-electron chi connectivity index (χ3n) is 19.8. The van der Waals surface area contributed by atoms with Crippen LogP contribution in [0.4, 0.5) is 0 Å². The number of aliphatic hydroxyl groups is 1. The lowest BCUT2D eigenvalue weighted by atomic mass is 9.99. The zero-order valence-corrected chi connectivity index (χ0v) is 68.7. The van der Waals surface area contributed by atoms with Gasteiger partial charge in [-0.3, -0.25) is 37.3 Å². The Morgan fingerprint density at radius 1 is 0.284 bits per heavy atom. The van der Waals surface area contributed by atoms with Crippen LogP contribution in [-0.2, 0) is 65.4 Å². The Bertz CT molecular complexity index is 1960. The fourth-order valence-corrected chi connectivity index (χ4v) is 14.4. The zero-order chi connectivity index (χ0) is 74.9. The minimum Gasteiger partial charge on any atom is -0.462 e. The molecule has 0 bridgehead atoms. The molecule has 0 spiro atoms. The smallest absolute Gasteiger partial charge is 0.462 e. The molecule has 0 aromatic heterocycles. The van der Waals surface area contributed by atoms with Crippen LogP contribution in [0.2, 0.25) is 0 Å². The Kier molecular flexibility index (Phi) is 73.1. The molecule has 0 saturated carbocycles. The van der Waals surface area contributed by atoms with Crippen molar-refractivity contribution >= 4 is 39.5 Å². The van der Waals surface area contributed by atoms with Crippen molar-refractivity contribution in [1.29, 1.82) is 0 Å². The lowest BCUT2D eigenvalue weighted by Gasteiger charge is -2.21. The number of ether oxygens (including phenoxy) is 4. The summed E-state index contributed by atoms with van der Waals surface area (Å²) in [5.74, 6) is -0.544. The van der Waals surface area contributed by atoms with E-state index in [1.807, 2.05) is 0 Å². The van der Waals surface area contributed by atoms with E-state index in [0.717, 1.165) is 102 Å². The third-order valence-corrected chi connectivity index (χ3v) is 21.7. The van der Waals surface area contributed by atoms with Gasteiger partial charge in [-0.15, -0.1) is 0 Å². The number of esters is 4. The summed E-state index contributed by atoms with van der Waals surface area (Å²) in [5.41, 5.74) is 0. The van der Waals surface area contributed by atoms with Gasteiger partial charge in [0.25, 0.3) is 0 Å². The van der Waals surface area contributed by atoms with Crippen LogP contribution in [0.15, 0.2) is 0 Å². The van der Waals surface area contributed by atoms with Crippen molar-refractivity contribution in [3.05, 3.63) is 0 Å². The molecule has 606 valence electrons. The number of rotatable bonds is 82. The third kappa shape index (κ3) is 74.9. The van der Waals surface area contributed by atoms with Gasteiger partial charge in [-0.1, -0.05) is 388 Å². The molecule has 0 amide bonds. The second-order valence-corrected chi connectivity index (χ2v) is 33.5. The molecule has 0 aliphatic heterocycles. The van der Waals surface area contributed by atoms with Crippen LogP contribution < -0.4 is 0 Å². The summed E-state index contributed by atoms with van der Waals surface area (Å²) in [7, 11) is -9.92. The molecule has 0 rings (SSSR count). The van der Waals surface area contributed by atoms with Gasteiger partial charge < -0.3 is 33.8 Å². The van der Waals surface area contributed by atoms with Crippen molar-refractivity contribution < 1.29 is 80.2 Å². The van der Waals surface area contributed by atoms with E-state index < -0.39 is 97.5 Å². The van der Waals surface area contributed by atoms with Crippen LogP contribution in [0, 0.1) is 11.8 Å². The molecule has 0 fully saturated rings. The molecule has 102 heavy (non-hydrogen) atoms. The lowest BCUT2D eigenvalue weighted by Crippen LogP contribution is -2.30. The highest BCUT2D eigenvalue weighted by molar-refractivity contribution is 7.47. The highest BCUT2D eigenvalue weighted by Crippen LogP contribution is 2.45. The van der Waals surface area contributed by atoms with E-state index >= 15 is 0 Å². The summed E-state index contributed by atoms with van der Waals surface area (Å²) in [4.78, 5) is 73.1. The minimum atomic E-state index is -4.96. The average molecular weight is 1490 g/mol. The van der Waals surface area contributed by atoms with Crippen molar-refractivity contribution in [2.24, 2.45) is 11.8 Å². The number of carbonyl (C=O) groups is 4. The lowest BCUT2D eigenvalue weighted by molar-refractivity contribution is -0.161. The van der Waals surface area contributed by atoms with Crippen LogP contribution >= 0.6 is 15.6 Å². The van der Waals surface area contributed by atoms with Crippen molar-refractivity contribution in [2.45, 2.75) is 458 Å². The molecule has 0 radical (unpaired) electrons. The summed E-state index contributed by atoms with van der Waals surface area (Å²) in [6.07, 6.45) is 65.1. The fraction of sp³-hybridized carbons (Fsp3) is 0.952. The SMILES string of the molecule is CCCCCCCCCCCCCCCCCCCCCCC(=O)O[C@H](COC(=O)CCCCCCCCCCCCCCCCC)COP(=O)(O)OC[C@@H](O)COP(=O)(O)OC[C@@H](COC(=O)CCCCCCCCCCCCC(C)C)OC(=O)CCCCCCCCCCCCC(C)CC. The molecule has 3 unspecified atom stereocenters. The van der Waals surface area contributed by atoms with Gasteiger partial charge >= 0.3 is 39.5 Å². The number of phosphoric acid groups is 2. The van der Waals surface area contributed by atoms with Crippen molar-refractivity contribution in [3.63, 3.8) is 0 Å². The average Bonchev–Trinajstić information content (AvgIpc) is 0.912. The van der Waals surface area contributed by atoms with Crippen LogP contribution in [0.1, 0.15) is 440 Å². The first-order valence-electron chi connectivity index (χ1n) is 43.0. The van der Waals surface area contributed by atoms with E-state index in [2.05, 4.69) is 41.5 Å². The predicted molar refractivity (Wildman–Crippen MR) is 418 cm³/mol. The van der Waals surface area contributed by atoms with Crippen molar-refractivity contribution in [2.75, 3.05) is 39.6 Å². The van der Waals surface area contributed by atoms with Crippen molar-refractivity contribution in [3.8, 4) is 0 Å². The Labute approximate surface area is 626 Å². The monoisotopic (exact) mass is 1490 g/mol. The molecule has 6 atom stereocenters. The van der Waals surface area contributed by atoms with Gasteiger partial charge in [0.1, 0.15) is 19.3 Å². The molecule has 0 saturated heterocycles. The van der Waals surface area contributed by atoms with Gasteiger partial charge in [0.15, 0.2) is 12.2 Å². The number of phosphoric ester groups is 2. The van der Waals surface area contributed by atoms with Crippen LogP contribution in [0.5, 0.6) is 0 Å². The number of unbranched alkanes of at least 4 members (excludes halogenated alkanes) is 51. The summed E-state index contributed by atoms with van der Waals surface area (Å²) in [6.45, 7) is 9.67. The molecular weight excluding hydrogens is 1330 g/mol. The van der Waals surface area contributed by atoms with E-state index in [1.54, 1.807) is 0 Å².